The van der Waals surface area contributed by atoms with Crippen molar-refractivity contribution in [2.24, 2.45) is 13.0 Å². The molecule has 1 amide bonds. The fourth-order valence-electron chi connectivity index (χ4n) is 3.60. The molecule has 1 aliphatic rings. The molecule has 3 heterocycles. The molecule has 0 spiro atoms. The van der Waals surface area contributed by atoms with Crippen molar-refractivity contribution < 1.29 is 9.53 Å². The van der Waals surface area contributed by atoms with Gasteiger partial charge in [-0.1, -0.05) is 0 Å². The summed E-state index contributed by atoms with van der Waals surface area (Å²) in [5.41, 5.74) is 3.29. The topological polar surface area (TPSA) is 72.3 Å². The quantitative estimate of drug-likeness (QED) is 0.760. The largest absolute Gasteiger partial charge is 0.383 e. The van der Waals surface area contributed by atoms with Crippen LogP contribution in [0.4, 0.5) is 0 Å². The van der Waals surface area contributed by atoms with Crippen molar-refractivity contribution in [1.82, 2.24) is 25.0 Å². The van der Waals surface area contributed by atoms with Gasteiger partial charge in [0.05, 0.1) is 29.5 Å². The van der Waals surface area contributed by atoms with Gasteiger partial charge in [0.2, 0.25) is 5.91 Å². The number of rotatable bonds is 8. The lowest BCUT2D eigenvalue weighted by Crippen LogP contribution is -2.34. The van der Waals surface area contributed by atoms with Gasteiger partial charge in [0.25, 0.3) is 0 Å². The minimum Gasteiger partial charge on any atom is -0.383 e. The summed E-state index contributed by atoms with van der Waals surface area (Å²) in [4.78, 5) is 19.1. The SMILES string of the molecule is COCCN1C(=O)C[C@H](CNCc2csc(C)n2)[C@H]1c1cnn(C)c1C. The highest BCUT2D eigenvalue weighted by Crippen LogP contribution is 2.38. The molecular weight excluding hydrogens is 350 g/mol. The monoisotopic (exact) mass is 377 g/mol. The lowest BCUT2D eigenvalue weighted by atomic mass is 9.94. The Morgan fingerprint density at radius 1 is 1.42 bits per heavy atom. The molecule has 0 saturated carbocycles. The van der Waals surface area contributed by atoms with Crippen molar-refractivity contribution in [3.63, 3.8) is 0 Å². The number of nitrogens with zero attached hydrogens (tertiary/aromatic N) is 4. The Balaban J connectivity index is 1.73. The number of methoxy groups -OCH3 is 1. The van der Waals surface area contributed by atoms with Crippen LogP contribution in [0.5, 0.6) is 0 Å². The first-order chi connectivity index (χ1) is 12.5. The molecule has 8 heteroatoms. The number of nitrogens with one attached hydrogen (secondary N) is 1. The van der Waals surface area contributed by atoms with Gasteiger partial charge in [-0.25, -0.2) is 4.98 Å². The fraction of sp³-hybridized carbons (Fsp3) is 0.611. The molecule has 0 aliphatic carbocycles. The minimum atomic E-state index is 0.0380. The van der Waals surface area contributed by atoms with Crippen molar-refractivity contribution in [2.45, 2.75) is 32.9 Å². The van der Waals surface area contributed by atoms with E-state index in [1.165, 1.54) is 0 Å². The van der Waals surface area contributed by atoms with E-state index in [-0.39, 0.29) is 17.9 Å². The van der Waals surface area contributed by atoms with Crippen LogP contribution in [-0.2, 0) is 23.1 Å². The number of carbonyl (C=O) groups is 1. The predicted molar refractivity (Wildman–Crippen MR) is 101 cm³/mol. The van der Waals surface area contributed by atoms with Crippen molar-refractivity contribution >= 4 is 17.2 Å². The highest BCUT2D eigenvalue weighted by molar-refractivity contribution is 7.09. The maximum Gasteiger partial charge on any atom is 0.223 e. The van der Waals surface area contributed by atoms with E-state index in [0.717, 1.165) is 35.0 Å². The smallest absolute Gasteiger partial charge is 0.223 e. The van der Waals surface area contributed by atoms with Gasteiger partial charge in [0.1, 0.15) is 0 Å². The second-order valence-corrected chi connectivity index (χ2v) is 7.85. The number of hydrogen-bond donors (Lipinski definition) is 1. The van der Waals surface area contributed by atoms with Gasteiger partial charge < -0.3 is 15.0 Å². The molecule has 0 unspecified atom stereocenters. The zero-order chi connectivity index (χ0) is 18.7. The summed E-state index contributed by atoms with van der Waals surface area (Å²) in [6.45, 7) is 6.72. The number of hydrogen-bond acceptors (Lipinski definition) is 6. The Kier molecular flexibility index (Phi) is 6.05. The van der Waals surface area contributed by atoms with Gasteiger partial charge in [0, 0.05) is 62.8 Å². The second kappa shape index (κ2) is 8.28. The van der Waals surface area contributed by atoms with Crippen molar-refractivity contribution in [3.8, 4) is 0 Å². The molecule has 1 saturated heterocycles. The zero-order valence-electron chi connectivity index (χ0n) is 15.9. The molecule has 1 N–H and O–H groups in total. The molecule has 3 rings (SSSR count). The molecule has 0 bridgehead atoms. The van der Waals surface area contributed by atoms with E-state index in [2.05, 4.69) is 27.7 Å². The van der Waals surface area contributed by atoms with Crippen LogP contribution in [0.1, 0.15) is 34.4 Å². The molecule has 2 atom stereocenters. The van der Waals surface area contributed by atoms with E-state index >= 15 is 0 Å². The molecule has 142 valence electrons. The third kappa shape index (κ3) is 3.97. The van der Waals surface area contributed by atoms with E-state index in [9.17, 15) is 4.79 Å². The highest BCUT2D eigenvalue weighted by Gasteiger charge is 2.41. The number of aryl methyl sites for hydroxylation is 2. The molecule has 0 aromatic carbocycles. The van der Waals surface area contributed by atoms with Crippen LogP contribution in [0.2, 0.25) is 0 Å². The second-order valence-electron chi connectivity index (χ2n) is 6.79. The average molecular weight is 378 g/mol. The van der Waals surface area contributed by atoms with Gasteiger partial charge in [-0.15, -0.1) is 11.3 Å². The van der Waals surface area contributed by atoms with E-state index in [0.29, 0.717) is 19.6 Å². The maximum absolute atomic E-state index is 12.6. The molecule has 26 heavy (non-hydrogen) atoms. The zero-order valence-corrected chi connectivity index (χ0v) is 16.7. The summed E-state index contributed by atoms with van der Waals surface area (Å²) in [6.07, 6.45) is 2.45. The summed E-state index contributed by atoms with van der Waals surface area (Å²) in [6, 6.07) is 0.0380. The van der Waals surface area contributed by atoms with E-state index in [1.54, 1.807) is 18.4 Å². The predicted octanol–water partition coefficient (Wildman–Crippen LogP) is 1.82. The number of thiazole rings is 1. The Morgan fingerprint density at radius 2 is 2.23 bits per heavy atom. The number of ether oxygens (including phenoxy) is 1. The summed E-state index contributed by atoms with van der Waals surface area (Å²) >= 11 is 1.66. The Morgan fingerprint density at radius 3 is 2.85 bits per heavy atom. The molecule has 1 aliphatic heterocycles. The van der Waals surface area contributed by atoms with Crippen molar-refractivity contribution in [1.29, 1.82) is 0 Å². The molecular formula is C18H27N5O2S. The summed E-state index contributed by atoms with van der Waals surface area (Å²) in [5.74, 6) is 0.397. The Bertz CT molecular complexity index is 757. The third-order valence-corrected chi connectivity index (χ3v) is 5.87. The normalized spacial score (nSPS) is 20.3. The Hall–Kier alpha value is -1.77. The van der Waals surface area contributed by atoms with Crippen LogP contribution in [0.15, 0.2) is 11.6 Å². The maximum atomic E-state index is 12.6. The average Bonchev–Trinajstić information content (AvgIpc) is 3.26. The molecule has 2 aromatic heterocycles. The lowest BCUT2D eigenvalue weighted by molar-refractivity contribution is -0.129. The first-order valence-corrected chi connectivity index (χ1v) is 9.77. The number of carbonyl (C=O) groups excluding carboxylic acids is 1. The Labute approximate surface area is 158 Å². The van der Waals surface area contributed by atoms with Crippen molar-refractivity contribution in [2.75, 3.05) is 26.8 Å². The number of aromatic nitrogens is 3. The van der Waals surface area contributed by atoms with E-state index < -0.39 is 0 Å². The third-order valence-electron chi connectivity index (χ3n) is 5.05. The van der Waals surface area contributed by atoms with Gasteiger partial charge in [0.15, 0.2) is 0 Å². The van der Waals surface area contributed by atoms with Gasteiger partial charge in [-0.2, -0.15) is 5.10 Å². The van der Waals surface area contributed by atoms with Crippen LogP contribution in [0.25, 0.3) is 0 Å². The fourth-order valence-corrected chi connectivity index (χ4v) is 4.22. The summed E-state index contributed by atoms with van der Waals surface area (Å²) < 4.78 is 7.08. The summed E-state index contributed by atoms with van der Waals surface area (Å²) in [7, 11) is 3.60. The lowest BCUT2D eigenvalue weighted by Gasteiger charge is -2.28. The standard InChI is InChI=1S/C18H27N5O2S/c1-12-16(10-20-22(12)3)18-14(7-17(24)23(18)5-6-25-4)8-19-9-15-11-26-13(2)21-15/h10-11,14,18-19H,5-9H2,1-4H3/t14-,18+/m1/s1. The van der Waals surface area contributed by atoms with Gasteiger partial charge >= 0.3 is 0 Å². The van der Waals surface area contributed by atoms with Gasteiger partial charge in [-0.05, 0) is 13.8 Å². The van der Waals surface area contributed by atoms with Crippen LogP contribution in [0, 0.1) is 19.8 Å². The first kappa shape index (κ1) is 19.0. The molecule has 0 radical (unpaired) electrons. The summed E-state index contributed by atoms with van der Waals surface area (Å²) in [5, 5.41) is 11.0. The van der Waals surface area contributed by atoms with Crippen LogP contribution >= 0.6 is 11.3 Å². The minimum absolute atomic E-state index is 0.0380. The highest BCUT2D eigenvalue weighted by atomic mass is 32.1. The first-order valence-electron chi connectivity index (χ1n) is 8.90. The van der Waals surface area contributed by atoms with Crippen LogP contribution in [0.3, 0.4) is 0 Å². The molecule has 7 nitrogen and oxygen atoms in total. The molecule has 1 fully saturated rings. The van der Waals surface area contributed by atoms with E-state index in [4.69, 9.17) is 4.74 Å². The van der Waals surface area contributed by atoms with Crippen molar-refractivity contribution in [3.05, 3.63) is 33.5 Å². The van der Waals surface area contributed by atoms with Crippen LogP contribution in [-0.4, -0.2) is 52.4 Å². The molecule has 2 aromatic rings. The van der Waals surface area contributed by atoms with E-state index in [1.807, 2.05) is 29.7 Å². The van der Waals surface area contributed by atoms with Gasteiger partial charge in [-0.3, -0.25) is 9.48 Å². The number of likely N-dealkylation sites (tertiary alicyclic amines) is 1. The van der Waals surface area contributed by atoms with Crippen LogP contribution < -0.4 is 5.32 Å². The number of amides is 1.